The maximum Gasteiger partial charge on any atom is 0.250 e. The SMILES string of the molecule is CC1CCC(CNS(=O)(=O)c2ccc(CNC3CC3)s2)C1. The molecular weight excluding hydrogens is 304 g/mol. The molecule has 2 aliphatic rings. The third kappa shape index (κ3) is 4.28. The van der Waals surface area contributed by atoms with Gasteiger partial charge in [-0.05, 0) is 49.7 Å². The molecule has 4 nitrogen and oxygen atoms in total. The fraction of sp³-hybridized carbons (Fsp3) is 0.733. The lowest BCUT2D eigenvalue weighted by atomic mass is 10.1. The molecule has 118 valence electrons. The van der Waals surface area contributed by atoms with E-state index in [0.717, 1.165) is 30.2 Å². The van der Waals surface area contributed by atoms with E-state index in [1.54, 1.807) is 6.07 Å². The number of hydrogen-bond acceptors (Lipinski definition) is 4. The second kappa shape index (κ2) is 6.36. The summed E-state index contributed by atoms with van der Waals surface area (Å²) < 4.78 is 27.9. The second-order valence-corrected chi connectivity index (χ2v) is 9.67. The van der Waals surface area contributed by atoms with Gasteiger partial charge in [-0.15, -0.1) is 11.3 Å². The van der Waals surface area contributed by atoms with Gasteiger partial charge in [-0.25, -0.2) is 13.1 Å². The van der Waals surface area contributed by atoms with Crippen LogP contribution >= 0.6 is 11.3 Å². The van der Waals surface area contributed by atoms with E-state index in [2.05, 4.69) is 17.0 Å². The summed E-state index contributed by atoms with van der Waals surface area (Å²) in [6.07, 6.45) is 6.01. The topological polar surface area (TPSA) is 58.2 Å². The van der Waals surface area contributed by atoms with Crippen molar-refractivity contribution in [2.45, 2.75) is 55.8 Å². The van der Waals surface area contributed by atoms with E-state index in [1.807, 2.05) is 6.07 Å². The Kier molecular flexibility index (Phi) is 4.69. The predicted octanol–water partition coefficient (Wildman–Crippen LogP) is 2.71. The standard InChI is InChI=1S/C15H24N2O2S2/c1-11-2-3-12(8-11)9-17-21(18,19)15-7-6-14(20-15)10-16-13-4-5-13/h6-7,11-13,16-17H,2-5,8-10H2,1H3. The minimum Gasteiger partial charge on any atom is -0.309 e. The van der Waals surface area contributed by atoms with Crippen LogP contribution in [0.1, 0.15) is 43.9 Å². The average Bonchev–Trinajstić information content (AvgIpc) is 2.97. The van der Waals surface area contributed by atoms with Crippen LogP contribution in [0, 0.1) is 11.8 Å². The van der Waals surface area contributed by atoms with Crippen molar-refractivity contribution in [1.82, 2.24) is 10.0 Å². The molecule has 2 atom stereocenters. The Morgan fingerprint density at radius 2 is 2.05 bits per heavy atom. The summed E-state index contributed by atoms with van der Waals surface area (Å²) in [7, 11) is -3.33. The number of hydrogen-bond donors (Lipinski definition) is 2. The summed E-state index contributed by atoms with van der Waals surface area (Å²) in [6.45, 7) is 3.61. The molecule has 2 N–H and O–H groups in total. The molecule has 2 aliphatic carbocycles. The van der Waals surface area contributed by atoms with Gasteiger partial charge in [0.2, 0.25) is 10.0 Å². The van der Waals surface area contributed by atoms with Gasteiger partial charge in [-0.2, -0.15) is 0 Å². The average molecular weight is 329 g/mol. The molecule has 0 aliphatic heterocycles. The molecule has 6 heteroatoms. The highest BCUT2D eigenvalue weighted by Crippen LogP contribution is 2.30. The maximum atomic E-state index is 12.3. The maximum absolute atomic E-state index is 12.3. The first-order valence-corrected chi connectivity index (χ1v) is 10.1. The van der Waals surface area contributed by atoms with E-state index in [4.69, 9.17) is 0 Å². The fourth-order valence-electron chi connectivity index (χ4n) is 2.94. The van der Waals surface area contributed by atoms with Gasteiger partial charge in [0.25, 0.3) is 0 Å². The van der Waals surface area contributed by atoms with Crippen molar-refractivity contribution in [3.8, 4) is 0 Å². The van der Waals surface area contributed by atoms with Gasteiger partial charge in [0.1, 0.15) is 4.21 Å². The third-order valence-corrected chi connectivity index (χ3v) is 7.41. The van der Waals surface area contributed by atoms with Crippen LogP contribution < -0.4 is 10.0 Å². The molecule has 0 saturated heterocycles. The highest BCUT2D eigenvalue weighted by atomic mass is 32.2. The van der Waals surface area contributed by atoms with Crippen LogP contribution in [-0.4, -0.2) is 21.0 Å². The minimum atomic E-state index is -3.33. The van der Waals surface area contributed by atoms with Crippen LogP contribution in [-0.2, 0) is 16.6 Å². The van der Waals surface area contributed by atoms with Gasteiger partial charge >= 0.3 is 0 Å². The molecule has 1 aromatic rings. The summed E-state index contributed by atoms with van der Waals surface area (Å²) >= 11 is 1.38. The smallest absolute Gasteiger partial charge is 0.250 e. The molecule has 2 saturated carbocycles. The number of nitrogens with one attached hydrogen (secondary N) is 2. The predicted molar refractivity (Wildman–Crippen MR) is 85.9 cm³/mol. The third-order valence-electron chi connectivity index (χ3n) is 4.41. The van der Waals surface area contributed by atoms with Crippen LogP contribution in [0.15, 0.2) is 16.3 Å². The van der Waals surface area contributed by atoms with Gasteiger partial charge in [0.05, 0.1) is 0 Å². The highest BCUT2D eigenvalue weighted by molar-refractivity contribution is 7.91. The quantitative estimate of drug-likeness (QED) is 0.809. The lowest BCUT2D eigenvalue weighted by molar-refractivity contribution is 0.499. The molecule has 1 aromatic heterocycles. The van der Waals surface area contributed by atoms with Gasteiger partial charge in [0, 0.05) is 24.0 Å². The Labute approximate surface area is 131 Å². The summed E-state index contributed by atoms with van der Waals surface area (Å²) in [4.78, 5) is 1.09. The lowest BCUT2D eigenvalue weighted by Gasteiger charge is -2.10. The molecule has 1 heterocycles. The van der Waals surface area contributed by atoms with Gasteiger partial charge in [-0.3, -0.25) is 0 Å². The van der Waals surface area contributed by atoms with Crippen molar-refractivity contribution in [2.75, 3.05) is 6.54 Å². The molecule has 0 spiro atoms. The lowest BCUT2D eigenvalue weighted by Crippen LogP contribution is -2.28. The van der Waals surface area contributed by atoms with Gasteiger partial charge < -0.3 is 5.32 Å². The number of sulfonamides is 1. The van der Waals surface area contributed by atoms with Crippen LogP contribution in [0.5, 0.6) is 0 Å². The zero-order chi connectivity index (χ0) is 14.9. The first-order chi connectivity index (χ1) is 10.0. The molecule has 0 amide bonds. The largest absolute Gasteiger partial charge is 0.309 e. The monoisotopic (exact) mass is 328 g/mol. The normalized spacial score (nSPS) is 26.3. The molecule has 21 heavy (non-hydrogen) atoms. The van der Waals surface area contributed by atoms with Crippen molar-refractivity contribution in [2.24, 2.45) is 11.8 Å². The van der Waals surface area contributed by atoms with Crippen LogP contribution in [0.25, 0.3) is 0 Å². The van der Waals surface area contributed by atoms with Crippen molar-refractivity contribution in [3.05, 3.63) is 17.0 Å². The van der Waals surface area contributed by atoms with E-state index in [9.17, 15) is 8.42 Å². The number of thiophene rings is 1. The van der Waals surface area contributed by atoms with Crippen molar-refractivity contribution >= 4 is 21.4 Å². The van der Waals surface area contributed by atoms with Crippen molar-refractivity contribution < 1.29 is 8.42 Å². The van der Waals surface area contributed by atoms with E-state index in [-0.39, 0.29) is 0 Å². The Bertz CT molecular complexity index is 578. The van der Waals surface area contributed by atoms with E-state index >= 15 is 0 Å². The highest BCUT2D eigenvalue weighted by Gasteiger charge is 2.25. The summed E-state index contributed by atoms with van der Waals surface area (Å²) in [5, 5.41) is 3.41. The summed E-state index contributed by atoms with van der Waals surface area (Å²) in [5.74, 6) is 1.24. The first-order valence-electron chi connectivity index (χ1n) is 7.84. The van der Waals surface area contributed by atoms with Gasteiger partial charge in [0.15, 0.2) is 0 Å². The molecule has 3 rings (SSSR count). The second-order valence-electron chi connectivity index (χ2n) is 6.51. The van der Waals surface area contributed by atoms with E-state index in [0.29, 0.717) is 22.7 Å². The van der Waals surface area contributed by atoms with Gasteiger partial charge in [-0.1, -0.05) is 13.3 Å². The summed E-state index contributed by atoms with van der Waals surface area (Å²) in [5.41, 5.74) is 0. The Hall–Kier alpha value is -0.430. The molecule has 0 aromatic carbocycles. The van der Waals surface area contributed by atoms with E-state index < -0.39 is 10.0 Å². The van der Waals surface area contributed by atoms with Crippen LogP contribution in [0.2, 0.25) is 0 Å². The first kappa shape index (κ1) is 15.5. The molecular formula is C15H24N2O2S2. The molecule has 2 fully saturated rings. The Morgan fingerprint density at radius 1 is 1.24 bits per heavy atom. The number of rotatable bonds is 7. The summed E-state index contributed by atoms with van der Waals surface area (Å²) in [6, 6.07) is 4.30. The molecule has 0 bridgehead atoms. The zero-order valence-electron chi connectivity index (χ0n) is 12.5. The van der Waals surface area contributed by atoms with Crippen LogP contribution in [0.3, 0.4) is 0 Å². The molecule has 0 radical (unpaired) electrons. The zero-order valence-corrected chi connectivity index (χ0v) is 14.1. The Balaban J connectivity index is 1.53. The fourth-order valence-corrected chi connectivity index (χ4v) is 5.41. The minimum absolute atomic E-state index is 0.446. The van der Waals surface area contributed by atoms with E-state index in [1.165, 1.54) is 30.6 Å². The van der Waals surface area contributed by atoms with Crippen molar-refractivity contribution in [1.29, 1.82) is 0 Å². The van der Waals surface area contributed by atoms with Crippen LogP contribution in [0.4, 0.5) is 0 Å². The molecule has 2 unspecified atom stereocenters. The Morgan fingerprint density at radius 3 is 2.71 bits per heavy atom. The van der Waals surface area contributed by atoms with Crippen molar-refractivity contribution in [3.63, 3.8) is 0 Å².